The Hall–Kier alpha value is -2.09. The van der Waals surface area contributed by atoms with E-state index < -0.39 is 17.7 Å². The smallest absolute Gasteiger partial charge is 0.407 e. The Kier molecular flexibility index (Phi) is 5.98. The number of fused-ring (bicyclic) bond motifs is 1. The second-order valence-electron chi connectivity index (χ2n) is 8.28. The number of aryl methyl sites for hydroxylation is 1. The van der Waals surface area contributed by atoms with Crippen molar-refractivity contribution in [2.24, 2.45) is 5.92 Å². The lowest BCUT2D eigenvalue weighted by atomic mass is 9.91. The molecular weight excluding hydrogens is 380 g/mol. The number of hydrogen-bond donors (Lipinski definition) is 2. The molecule has 154 valence electrons. The lowest BCUT2D eigenvalue weighted by Gasteiger charge is -2.26. The third-order valence-electron chi connectivity index (χ3n) is 4.65. The summed E-state index contributed by atoms with van der Waals surface area (Å²) in [7, 11) is 0. The summed E-state index contributed by atoms with van der Waals surface area (Å²) in [6.07, 6.45) is 3.33. The zero-order chi connectivity index (χ0) is 20.5. The van der Waals surface area contributed by atoms with Crippen molar-refractivity contribution in [1.29, 1.82) is 0 Å². The second-order valence-corrected chi connectivity index (χ2v) is 9.38. The number of ether oxygens (including phenoxy) is 2. The highest BCUT2D eigenvalue weighted by Gasteiger charge is 2.34. The van der Waals surface area contributed by atoms with Crippen molar-refractivity contribution < 1.29 is 23.9 Å². The van der Waals surface area contributed by atoms with Crippen LogP contribution < -0.4 is 10.6 Å². The van der Waals surface area contributed by atoms with E-state index in [4.69, 9.17) is 9.47 Å². The number of esters is 1. The number of thiophene rings is 1. The predicted octanol–water partition coefficient (Wildman–Crippen LogP) is 3.66. The molecular formula is C20H28N2O5S. The first-order chi connectivity index (χ1) is 13.2. The van der Waals surface area contributed by atoms with Crippen LogP contribution in [0.15, 0.2) is 0 Å². The molecule has 7 nitrogen and oxygen atoms in total. The Morgan fingerprint density at radius 1 is 1.18 bits per heavy atom. The van der Waals surface area contributed by atoms with Crippen LogP contribution in [0, 0.1) is 5.92 Å². The maximum atomic E-state index is 12.6. The van der Waals surface area contributed by atoms with Crippen molar-refractivity contribution in [3.05, 3.63) is 16.0 Å². The number of anilines is 1. The van der Waals surface area contributed by atoms with Crippen LogP contribution >= 0.6 is 11.3 Å². The van der Waals surface area contributed by atoms with Crippen LogP contribution in [-0.2, 0) is 27.1 Å². The molecule has 1 atom stereocenters. The van der Waals surface area contributed by atoms with E-state index >= 15 is 0 Å². The Balaban J connectivity index is 1.78. The van der Waals surface area contributed by atoms with Gasteiger partial charge in [-0.3, -0.25) is 4.79 Å². The summed E-state index contributed by atoms with van der Waals surface area (Å²) in [5, 5.41) is 6.39. The molecule has 2 aliphatic rings. The van der Waals surface area contributed by atoms with Crippen molar-refractivity contribution in [2.45, 2.75) is 71.4 Å². The molecule has 2 amide bonds. The van der Waals surface area contributed by atoms with Crippen LogP contribution in [0.2, 0.25) is 0 Å². The van der Waals surface area contributed by atoms with Crippen molar-refractivity contribution >= 4 is 34.3 Å². The average Bonchev–Trinajstić information content (AvgIpc) is 3.35. The number of carbonyl (C=O) groups is 3. The lowest BCUT2D eigenvalue weighted by molar-refractivity contribution is -0.117. The van der Waals surface area contributed by atoms with E-state index in [0.717, 1.165) is 36.1 Å². The Morgan fingerprint density at radius 3 is 2.50 bits per heavy atom. The quantitative estimate of drug-likeness (QED) is 0.725. The molecule has 1 aromatic rings. The fourth-order valence-corrected chi connectivity index (χ4v) is 4.48. The molecule has 0 aliphatic heterocycles. The standard InChI is InChI=1S/C20H28N2O5S/c1-5-26-18(24)15-13-10-12(21-19(25)27-20(2,3)4)8-9-14(13)28-17(15)22-16(23)11-6-7-11/h11-12H,5-10H2,1-4H3,(H,21,25)(H,22,23). The molecule has 0 radical (unpaired) electrons. The number of amides is 2. The molecule has 28 heavy (non-hydrogen) atoms. The van der Waals surface area contributed by atoms with Gasteiger partial charge in [-0.05, 0) is 65.4 Å². The molecule has 0 spiro atoms. The molecule has 3 rings (SSSR count). The minimum atomic E-state index is -0.567. The van der Waals surface area contributed by atoms with Gasteiger partial charge in [-0.1, -0.05) is 0 Å². The van der Waals surface area contributed by atoms with Crippen LogP contribution in [0.5, 0.6) is 0 Å². The lowest BCUT2D eigenvalue weighted by Crippen LogP contribution is -2.41. The van der Waals surface area contributed by atoms with Gasteiger partial charge in [0.2, 0.25) is 5.91 Å². The van der Waals surface area contributed by atoms with E-state index in [1.807, 2.05) is 20.8 Å². The zero-order valence-corrected chi connectivity index (χ0v) is 17.7. The molecule has 8 heteroatoms. The Labute approximate surface area is 169 Å². The van der Waals surface area contributed by atoms with E-state index in [1.165, 1.54) is 11.3 Å². The molecule has 0 saturated heterocycles. The number of nitrogens with one attached hydrogen (secondary N) is 2. The SMILES string of the molecule is CCOC(=O)c1c(NC(=O)C2CC2)sc2c1CC(NC(=O)OC(C)(C)C)CC2. The van der Waals surface area contributed by atoms with Crippen LogP contribution in [0.25, 0.3) is 0 Å². The van der Waals surface area contributed by atoms with Crippen LogP contribution in [0.4, 0.5) is 9.80 Å². The minimum absolute atomic E-state index is 0.0347. The van der Waals surface area contributed by atoms with E-state index in [0.29, 0.717) is 17.0 Å². The molecule has 2 N–H and O–H groups in total. The first-order valence-electron chi connectivity index (χ1n) is 9.80. The summed E-state index contributed by atoms with van der Waals surface area (Å²) in [5.41, 5.74) is 0.733. The third-order valence-corrected chi connectivity index (χ3v) is 5.85. The van der Waals surface area contributed by atoms with Gasteiger partial charge in [0.1, 0.15) is 10.6 Å². The van der Waals surface area contributed by atoms with Gasteiger partial charge in [0.15, 0.2) is 0 Å². The summed E-state index contributed by atoms with van der Waals surface area (Å²) < 4.78 is 10.6. The van der Waals surface area contributed by atoms with Crippen LogP contribution in [0.1, 0.15) is 67.8 Å². The fourth-order valence-electron chi connectivity index (χ4n) is 3.25. The van der Waals surface area contributed by atoms with Crippen molar-refractivity contribution in [3.63, 3.8) is 0 Å². The normalized spacial score (nSPS) is 18.8. The monoisotopic (exact) mass is 408 g/mol. The van der Waals surface area contributed by atoms with E-state index in [1.54, 1.807) is 6.92 Å². The molecule has 1 fully saturated rings. The van der Waals surface area contributed by atoms with Gasteiger partial charge >= 0.3 is 12.1 Å². The molecule has 1 unspecified atom stereocenters. The van der Waals surface area contributed by atoms with Crippen molar-refractivity contribution in [2.75, 3.05) is 11.9 Å². The Morgan fingerprint density at radius 2 is 1.89 bits per heavy atom. The predicted molar refractivity (Wildman–Crippen MR) is 107 cm³/mol. The number of alkyl carbamates (subject to hydrolysis) is 1. The average molecular weight is 409 g/mol. The highest BCUT2D eigenvalue weighted by atomic mass is 32.1. The topological polar surface area (TPSA) is 93.7 Å². The largest absolute Gasteiger partial charge is 0.462 e. The number of carbonyl (C=O) groups excluding carboxylic acids is 3. The zero-order valence-electron chi connectivity index (χ0n) is 16.8. The first kappa shape index (κ1) is 20.6. The molecule has 2 aliphatic carbocycles. The van der Waals surface area contributed by atoms with Gasteiger partial charge < -0.3 is 20.1 Å². The van der Waals surface area contributed by atoms with Gasteiger partial charge in [-0.15, -0.1) is 11.3 Å². The highest BCUT2D eigenvalue weighted by Crippen LogP contribution is 2.40. The van der Waals surface area contributed by atoms with Gasteiger partial charge in [0, 0.05) is 16.8 Å². The van der Waals surface area contributed by atoms with Gasteiger partial charge in [-0.25, -0.2) is 9.59 Å². The summed E-state index contributed by atoms with van der Waals surface area (Å²) in [5.74, 6) is -0.410. The van der Waals surface area contributed by atoms with Crippen LogP contribution in [-0.4, -0.2) is 36.2 Å². The minimum Gasteiger partial charge on any atom is -0.462 e. The summed E-state index contributed by atoms with van der Waals surface area (Å²) in [6, 6.07) is -0.128. The van der Waals surface area contributed by atoms with Gasteiger partial charge in [0.25, 0.3) is 0 Å². The molecule has 0 bridgehead atoms. The summed E-state index contributed by atoms with van der Waals surface area (Å²) in [6.45, 7) is 7.47. The second kappa shape index (κ2) is 8.11. The fraction of sp³-hybridized carbons (Fsp3) is 0.650. The summed E-state index contributed by atoms with van der Waals surface area (Å²) in [4.78, 5) is 38.0. The molecule has 1 saturated carbocycles. The number of rotatable bonds is 5. The molecule has 1 heterocycles. The van der Waals surface area contributed by atoms with Gasteiger partial charge in [0.05, 0.1) is 12.2 Å². The first-order valence-corrected chi connectivity index (χ1v) is 10.6. The van der Waals surface area contributed by atoms with Crippen LogP contribution in [0.3, 0.4) is 0 Å². The highest BCUT2D eigenvalue weighted by molar-refractivity contribution is 7.17. The van der Waals surface area contributed by atoms with Crippen molar-refractivity contribution in [3.8, 4) is 0 Å². The molecule has 0 aromatic carbocycles. The van der Waals surface area contributed by atoms with Crippen molar-refractivity contribution in [1.82, 2.24) is 5.32 Å². The maximum Gasteiger partial charge on any atom is 0.407 e. The van der Waals surface area contributed by atoms with E-state index in [9.17, 15) is 14.4 Å². The summed E-state index contributed by atoms with van der Waals surface area (Å²) >= 11 is 1.44. The van der Waals surface area contributed by atoms with E-state index in [2.05, 4.69) is 10.6 Å². The number of hydrogen-bond acceptors (Lipinski definition) is 6. The maximum absolute atomic E-state index is 12.6. The third kappa shape index (κ3) is 5.04. The van der Waals surface area contributed by atoms with Gasteiger partial charge in [-0.2, -0.15) is 0 Å². The Bertz CT molecular complexity index is 776. The van der Waals surface area contributed by atoms with E-state index in [-0.39, 0.29) is 24.5 Å². The molecule has 1 aromatic heterocycles.